The lowest BCUT2D eigenvalue weighted by Crippen LogP contribution is -2.45. The summed E-state index contributed by atoms with van der Waals surface area (Å²) in [6.07, 6.45) is 8.39. The van der Waals surface area contributed by atoms with Crippen molar-refractivity contribution in [3.05, 3.63) is 11.1 Å². The third kappa shape index (κ3) is 3.21. The summed E-state index contributed by atoms with van der Waals surface area (Å²) in [5, 5.41) is 2.69. The van der Waals surface area contributed by atoms with Crippen LogP contribution in [0, 0.1) is 11.8 Å². The first-order valence-electron chi connectivity index (χ1n) is 9.23. The third-order valence-corrected chi connectivity index (χ3v) is 6.73. The van der Waals surface area contributed by atoms with Crippen LogP contribution in [0.25, 0.3) is 0 Å². The first-order chi connectivity index (χ1) is 11.7. The van der Waals surface area contributed by atoms with Crippen molar-refractivity contribution in [2.75, 3.05) is 24.5 Å². The highest BCUT2D eigenvalue weighted by Crippen LogP contribution is 2.36. The van der Waals surface area contributed by atoms with Crippen LogP contribution in [-0.4, -0.2) is 41.3 Å². The first-order valence-corrected chi connectivity index (χ1v) is 10.1. The average Bonchev–Trinajstić information content (AvgIpc) is 3.23. The number of anilines is 1. The molecule has 0 N–H and O–H groups in total. The molecule has 1 saturated carbocycles. The molecular formula is C18H25N3O2S. The number of carbonyl (C=O) groups is 2. The Labute approximate surface area is 147 Å². The van der Waals surface area contributed by atoms with Gasteiger partial charge in [0.2, 0.25) is 11.8 Å². The van der Waals surface area contributed by atoms with E-state index < -0.39 is 0 Å². The Morgan fingerprint density at radius 3 is 2.79 bits per heavy atom. The van der Waals surface area contributed by atoms with Crippen LogP contribution in [0.2, 0.25) is 0 Å². The fraction of sp³-hybridized carbons (Fsp3) is 0.722. The molecule has 4 rings (SSSR count). The molecule has 3 heterocycles. The lowest BCUT2D eigenvalue weighted by atomic mass is 9.75. The lowest BCUT2D eigenvalue weighted by molar-refractivity contribution is -0.133. The molecule has 130 valence electrons. The van der Waals surface area contributed by atoms with Gasteiger partial charge in [0.15, 0.2) is 5.13 Å². The van der Waals surface area contributed by atoms with E-state index in [-0.39, 0.29) is 11.8 Å². The summed E-state index contributed by atoms with van der Waals surface area (Å²) < 4.78 is 0. The van der Waals surface area contributed by atoms with Gasteiger partial charge in [-0.05, 0) is 31.1 Å². The molecule has 3 fully saturated rings. The molecule has 1 aromatic rings. The van der Waals surface area contributed by atoms with Crippen molar-refractivity contribution in [1.29, 1.82) is 0 Å². The molecule has 2 amide bonds. The van der Waals surface area contributed by atoms with Crippen LogP contribution < -0.4 is 4.90 Å². The maximum atomic E-state index is 12.6. The van der Waals surface area contributed by atoms with Crippen molar-refractivity contribution in [2.24, 2.45) is 11.8 Å². The second-order valence-electron chi connectivity index (χ2n) is 7.38. The Morgan fingerprint density at radius 2 is 2.00 bits per heavy atom. The van der Waals surface area contributed by atoms with Crippen LogP contribution in [0.3, 0.4) is 0 Å². The monoisotopic (exact) mass is 347 g/mol. The number of piperidine rings is 1. The van der Waals surface area contributed by atoms with Crippen LogP contribution in [0.1, 0.15) is 50.6 Å². The lowest BCUT2D eigenvalue weighted by Gasteiger charge is -2.41. The molecule has 0 spiro atoms. The zero-order valence-electron chi connectivity index (χ0n) is 14.1. The van der Waals surface area contributed by atoms with Crippen LogP contribution in [0.5, 0.6) is 0 Å². The molecular weight excluding hydrogens is 322 g/mol. The van der Waals surface area contributed by atoms with Gasteiger partial charge in [0.1, 0.15) is 0 Å². The molecule has 1 aromatic heterocycles. The number of amides is 2. The van der Waals surface area contributed by atoms with Gasteiger partial charge in [-0.25, -0.2) is 4.98 Å². The van der Waals surface area contributed by atoms with Gasteiger partial charge in [-0.3, -0.25) is 14.5 Å². The maximum Gasteiger partial charge on any atom is 0.228 e. The quantitative estimate of drug-likeness (QED) is 0.845. The number of likely N-dealkylation sites (tertiary alicyclic amines) is 1. The van der Waals surface area contributed by atoms with E-state index in [9.17, 15) is 9.59 Å². The van der Waals surface area contributed by atoms with Crippen molar-refractivity contribution in [3.8, 4) is 0 Å². The number of hydrogen-bond acceptors (Lipinski definition) is 4. The van der Waals surface area contributed by atoms with E-state index in [0.29, 0.717) is 18.8 Å². The normalized spacial score (nSPS) is 27.4. The Morgan fingerprint density at radius 1 is 1.17 bits per heavy atom. The van der Waals surface area contributed by atoms with Gasteiger partial charge >= 0.3 is 0 Å². The van der Waals surface area contributed by atoms with E-state index >= 15 is 0 Å². The predicted molar refractivity (Wildman–Crippen MR) is 94.1 cm³/mol. The predicted octanol–water partition coefficient (Wildman–Crippen LogP) is 2.85. The van der Waals surface area contributed by atoms with Crippen molar-refractivity contribution in [1.82, 2.24) is 9.88 Å². The number of fused-ring (bicyclic) bond motifs is 1. The van der Waals surface area contributed by atoms with Gasteiger partial charge in [-0.1, -0.05) is 19.3 Å². The van der Waals surface area contributed by atoms with Gasteiger partial charge in [0.05, 0.1) is 12.1 Å². The molecule has 5 nitrogen and oxygen atoms in total. The number of rotatable bonds is 3. The molecule has 0 radical (unpaired) electrons. The molecule has 0 unspecified atom stereocenters. The molecule has 2 atom stereocenters. The van der Waals surface area contributed by atoms with Gasteiger partial charge in [-0.15, -0.1) is 11.3 Å². The summed E-state index contributed by atoms with van der Waals surface area (Å²) in [7, 11) is 0. The topological polar surface area (TPSA) is 53.5 Å². The maximum absolute atomic E-state index is 12.6. The van der Waals surface area contributed by atoms with E-state index in [4.69, 9.17) is 0 Å². The SMILES string of the molecule is O=C(Cc1csc(N2CCCC2=O)n1)N1CC[C@@H]2CCCC[C@H]2C1. The zero-order chi connectivity index (χ0) is 16.5. The number of nitrogens with zero attached hydrogens (tertiary/aromatic N) is 3. The van der Waals surface area contributed by atoms with Crippen LogP contribution in [-0.2, 0) is 16.0 Å². The Hall–Kier alpha value is -1.43. The van der Waals surface area contributed by atoms with Crippen molar-refractivity contribution >= 4 is 28.3 Å². The van der Waals surface area contributed by atoms with E-state index in [1.54, 1.807) is 4.90 Å². The molecule has 2 aliphatic heterocycles. The van der Waals surface area contributed by atoms with Crippen molar-refractivity contribution in [2.45, 2.75) is 51.4 Å². The number of hydrogen-bond donors (Lipinski definition) is 0. The summed E-state index contributed by atoms with van der Waals surface area (Å²) >= 11 is 1.48. The minimum atomic E-state index is 0.154. The molecule has 3 aliphatic rings. The van der Waals surface area contributed by atoms with Gasteiger partial charge < -0.3 is 4.90 Å². The molecule has 0 bridgehead atoms. The van der Waals surface area contributed by atoms with E-state index in [1.807, 2.05) is 10.3 Å². The zero-order valence-corrected chi connectivity index (χ0v) is 14.9. The van der Waals surface area contributed by atoms with Crippen molar-refractivity contribution in [3.63, 3.8) is 0 Å². The van der Waals surface area contributed by atoms with Crippen LogP contribution in [0.15, 0.2) is 5.38 Å². The largest absolute Gasteiger partial charge is 0.342 e. The first kappa shape index (κ1) is 16.1. The second-order valence-corrected chi connectivity index (χ2v) is 8.22. The van der Waals surface area contributed by atoms with E-state index in [2.05, 4.69) is 4.98 Å². The average molecular weight is 347 g/mol. The highest BCUT2D eigenvalue weighted by atomic mass is 32.1. The fourth-order valence-electron chi connectivity index (χ4n) is 4.45. The minimum Gasteiger partial charge on any atom is -0.342 e. The van der Waals surface area contributed by atoms with Crippen LogP contribution >= 0.6 is 11.3 Å². The van der Waals surface area contributed by atoms with Gasteiger partial charge in [-0.2, -0.15) is 0 Å². The standard InChI is InChI=1S/C18H25N3O2S/c22-16-6-3-8-21(16)18-19-15(12-24-18)10-17(23)20-9-7-13-4-1-2-5-14(13)11-20/h12-14H,1-11H2/t13-,14-/m0/s1. The van der Waals surface area contributed by atoms with Crippen molar-refractivity contribution < 1.29 is 9.59 Å². The third-order valence-electron chi connectivity index (χ3n) is 5.82. The van der Waals surface area contributed by atoms with Gasteiger partial charge in [0, 0.05) is 31.4 Å². The van der Waals surface area contributed by atoms with Gasteiger partial charge in [0.25, 0.3) is 0 Å². The number of carbonyl (C=O) groups excluding carboxylic acids is 2. The highest BCUT2D eigenvalue weighted by Gasteiger charge is 2.33. The Balaban J connectivity index is 1.36. The summed E-state index contributed by atoms with van der Waals surface area (Å²) in [6.45, 7) is 2.60. The second kappa shape index (κ2) is 6.82. The summed E-state index contributed by atoms with van der Waals surface area (Å²) in [6, 6.07) is 0. The minimum absolute atomic E-state index is 0.154. The van der Waals surface area contributed by atoms with Crippen LogP contribution in [0.4, 0.5) is 5.13 Å². The molecule has 2 saturated heterocycles. The molecule has 1 aliphatic carbocycles. The molecule has 24 heavy (non-hydrogen) atoms. The summed E-state index contributed by atoms with van der Waals surface area (Å²) in [5.74, 6) is 1.91. The fourth-order valence-corrected chi connectivity index (χ4v) is 5.31. The number of aromatic nitrogens is 1. The Bertz CT molecular complexity index is 630. The smallest absolute Gasteiger partial charge is 0.228 e. The van der Waals surface area contributed by atoms with E-state index in [1.165, 1.54) is 43.4 Å². The summed E-state index contributed by atoms with van der Waals surface area (Å²) in [4.78, 5) is 32.8. The Kier molecular flexibility index (Phi) is 4.57. The highest BCUT2D eigenvalue weighted by molar-refractivity contribution is 7.14. The molecule has 6 heteroatoms. The van der Waals surface area contributed by atoms with E-state index in [0.717, 1.165) is 42.8 Å². The number of thiazole rings is 1. The molecule has 0 aromatic carbocycles. The summed E-state index contributed by atoms with van der Waals surface area (Å²) in [5.41, 5.74) is 0.811.